The standard InChI is InChI=1S/C19H14N4O4/c24-19(14-9-16(26-21-14)15-7-4-8-25-15)23-10-13(11-23)18-20-17(22-27-18)12-5-2-1-3-6-12/h1-9,13H,10-11H2. The van der Waals surface area contributed by atoms with Crippen molar-refractivity contribution in [1.82, 2.24) is 20.2 Å². The molecule has 0 radical (unpaired) electrons. The fraction of sp³-hybridized carbons (Fsp3) is 0.158. The number of nitrogens with zero attached hydrogens (tertiary/aromatic N) is 4. The van der Waals surface area contributed by atoms with Gasteiger partial charge in [-0.15, -0.1) is 0 Å². The van der Waals surface area contributed by atoms with Gasteiger partial charge in [0.2, 0.25) is 17.5 Å². The molecular weight excluding hydrogens is 348 g/mol. The van der Waals surface area contributed by atoms with Gasteiger partial charge in [-0.2, -0.15) is 4.98 Å². The second-order valence-corrected chi connectivity index (χ2v) is 6.28. The summed E-state index contributed by atoms with van der Waals surface area (Å²) < 4.78 is 15.8. The monoisotopic (exact) mass is 362 g/mol. The highest BCUT2D eigenvalue weighted by Crippen LogP contribution is 2.29. The van der Waals surface area contributed by atoms with Gasteiger partial charge in [0, 0.05) is 24.7 Å². The van der Waals surface area contributed by atoms with Crippen molar-refractivity contribution in [3.8, 4) is 22.9 Å². The van der Waals surface area contributed by atoms with Gasteiger partial charge < -0.3 is 18.4 Å². The smallest absolute Gasteiger partial charge is 0.276 e. The molecule has 1 saturated heterocycles. The average Bonchev–Trinajstić information content (AvgIpc) is 3.41. The summed E-state index contributed by atoms with van der Waals surface area (Å²) in [6.07, 6.45) is 1.54. The molecule has 0 spiro atoms. The minimum atomic E-state index is -0.199. The average molecular weight is 362 g/mol. The number of carbonyl (C=O) groups is 1. The number of benzene rings is 1. The van der Waals surface area contributed by atoms with Crippen LogP contribution in [-0.2, 0) is 0 Å². The number of hydrogen-bond donors (Lipinski definition) is 0. The van der Waals surface area contributed by atoms with E-state index in [0.29, 0.717) is 36.3 Å². The first kappa shape index (κ1) is 15.6. The Morgan fingerprint density at radius 2 is 1.85 bits per heavy atom. The van der Waals surface area contributed by atoms with Crippen molar-refractivity contribution >= 4 is 5.91 Å². The van der Waals surface area contributed by atoms with E-state index in [9.17, 15) is 4.79 Å². The number of rotatable bonds is 4. The molecule has 1 aliphatic rings. The zero-order chi connectivity index (χ0) is 18.2. The van der Waals surface area contributed by atoms with E-state index in [2.05, 4.69) is 15.3 Å². The number of aromatic nitrogens is 3. The molecule has 0 unspecified atom stereocenters. The first-order chi connectivity index (χ1) is 13.3. The van der Waals surface area contributed by atoms with Crippen molar-refractivity contribution in [2.24, 2.45) is 0 Å². The number of hydrogen-bond acceptors (Lipinski definition) is 7. The van der Waals surface area contributed by atoms with E-state index in [1.54, 1.807) is 23.1 Å². The number of furan rings is 1. The summed E-state index contributed by atoms with van der Waals surface area (Å²) in [6, 6.07) is 14.7. The van der Waals surface area contributed by atoms with E-state index >= 15 is 0 Å². The maximum absolute atomic E-state index is 12.5. The largest absolute Gasteiger partial charge is 0.461 e. The molecule has 3 aromatic heterocycles. The first-order valence-electron chi connectivity index (χ1n) is 8.47. The molecule has 4 heterocycles. The lowest BCUT2D eigenvalue weighted by Crippen LogP contribution is -2.48. The van der Waals surface area contributed by atoms with Crippen LogP contribution in [-0.4, -0.2) is 39.2 Å². The van der Waals surface area contributed by atoms with Gasteiger partial charge in [0.05, 0.1) is 12.2 Å². The molecule has 0 N–H and O–H groups in total. The fourth-order valence-electron chi connectivity index (χ4n) is 2.98. The summed E-state index contributed by atoms with van der Waals surface area (Å²) in [5, 5.41) is 7.86. The number of likely N-dealkylation sites (tertiary alicyclic amines) is 1. The Hall–Kier alpha value is -3.68. The lowest BCUT2D eigenvalue weighted by Gasteiger charge is -2.36. The molecule has 8 heteroatoms. The first-order valence-corrected chi connectivity index (χ1v) is 8.47. The summed E-state index contributed by atoms with van der Waals surface area (Å²) in [6.45, 7) is 0.996. The summed E-state index contributed by atoms with van der Waals surface area (Å²) in [7, 11) is 0. The van der Waals surface area contributed by atoms with Crippen molar-refractivity contribution in [1.29, 1.82) is 0 Å². The zero-order valence-corrected chi connectivity index (χ0v) is 14.1. The van der Waals surface area contributed by atoms with Gasteiger partial charge in [-0.1, -0.05) is 40.6 Å². The lowest BCUT2D eigenvalue weighted by molar-refractivity contribution is 0.0558. The predicted molar refractivity (Wildman–Crippen MR) is 92.6 cm³/mol. The van der Waals surface area contributed by atoms with Gasteiger partial charge in [0.1, 0.15) is 0 Å². The summed E-state index contributed by atoms with van der Waals surface area (Å²) in [4.78, 5) is 18.6. The lowest BCUT2D eigenvalue weighted by atomic mass is 9.99. The van der Waals surface area contributed by atoms with Crippen LogP contribution >= 0.6 is 0 Å². The van der Waals surface area contributed by atoms with Gasteiger partial charge in [0.25, 0.3) is 5.91 Å². The van der Waals surface area contributed by atoms with Crippen LogP contribution in [0.25, 0.3) is 22.9 Å². The Labute approximate surface area is 153 Å². The van der Waals surface area contributed by atoms with Crippen LogP contribution < -0.4 is 0 Å². The fourth-order valence-corrected chi connectivity index (χ4v) is 2.98. The highest BCUT2D eigenvalue weighted by atomic mass is 16.5. The highest BCUT2D eigenvalue weighted by Gasteiger charge is 2.37. The molecule has 0 atom stereocenters. The minimum absolute atomic E-state index is 0.0235. The molecule has 1 aromatic carbocycles. The summed E-state index contributed by atoms with van der Waals surface area (Å²) >= 11 is 0. The van der Waals surface area contributed by atoms with Gasteiger partial charge in [-0.05, 0) is 12.1 Å². The van der Waals surface area contributed by atoms with Gasteiger partial charge >= 0.3 is 0 Å². The maximum Gasteiger partial charge on any atom is 0.276 e. The van der Waals surface area contributed by atoms with Crippen molar-refractivity contribution in [2.75, 3.05) is 13.1 Å². The van der Waals surface area contributed by atoms with E-state index in [-0.39, 0.29) is 17.5 Å². The van der Waals surface area contributed by atoms with Gasteiger partial charge in [0.15, 0.2) is 11.5 Å². The van der Waals surface area contributed by atoms with Crippen LogP contribution in [0.5, 0.6) is 0 Å². The molecule has 1 amide bonds. The molecule has 5 rings (SSSR count). The van der Waals surface area contributed by atoms with Crippen LogP contribution in [0.4, 0.5) is 0 Å². The normalized spacial score (nSPS) is 14.3. The minimum Gasteiger partial charge on any atom is -0.461 e. The molecule has 134 valence electrons. The quantitative estimate of drug-likeness (QED) is 0.549. The van der Waals surface area contributed by atoms with Crippen LogP contribution in [0.15, 0.2) is 68.3 Å². The Balaban J connectivity index is 1.24. The van der Waals surface area contributed by atoms with Crippen LogP contribution in [0, 0.1) is 0 Å². The van der Waals surface area contributed by atoms with Crippen molar-refractivity contribution < 1.29 is 18.3 Å². The Bertz CT molecular complexity index is 1060. The van der Waals surface area contributed by atoms with E-state index < -0.39 is 0 Å². The molecule has 27 heavy (non-hydrogen) atoms. The maximum atomic E-state index is 12.5. The molecule has 0 saturated carbocycles. The van der Waals surface area contributed by atoms with Gasteiger partial charge in [-0.3, -0.25) is 4.79 Å². The molecule has 1 aliphatic heterocycles. The third-order valence-corrected chi connectivity index (χ3v) is 4.49. The van der Waals surface area contributed by atoms with Crippen LogP contribution in [0.1, 0.15) is 22.3 Å². The molecular formula is C19H14N4O4. The Kier molecular flexibility index (Phi) is 3.60. The number of carbonyl (C=O) groups excluding carboxylic acids is 1. The zero-order valence-electron chi connectivity index (χ0n) is 14.1. The van der Waals surface area contributed by atoms with Crippen molar-refractivity contribution in [3.63, 3.8) is 0 Å². The van der Waals surface area contributed by atoms with Crippen molar-refractivity contribution in [3.05, 3.63) is 66.4 Å². The molecule has 4 aromatic rings. The van der Waals surface area contributed by atoms with Crippen LogP contribution in [0.3, 0.4) is 0 Å². The topological polar surface area (TPSA) is 98.4 Å². The predicted octanol–water partition coefficient (Wildman–Crippen LogP) is 3.22. The van der Waals surface area contributed by atoms with Gasteiger partial charge in [-0.25, -0.2) is 0 Å². The Morgan fingerprint density at radius 1 is 1.00 bits per heavy atom. The molecule has 0 aliphatic carbocycles. The second-order valence-electron chi connectivity index (χ2n) is 6.28. The van der Waals surface area contributed by atoms with Crippen LogP contribution in [0.2, 0.25) is 0 Å². The van der Waals surface area contributed by atoms with E-state index in [1.165, 1.54) is 6.26 Å². The number of amides is 1. The third kappa shape index (κ3) is 2.80. The highest BCUT2D eigenvalue weighted by molar-refractivity contribution is 5.93. The van der Waals surface area contributed by atoms with Crippen molar-refractivity contribution in [2.45, 2.75) is 5.92 Å². The second kappa shape index (κ2) is 6.24. The summed E-state index contributed by atoms with van der Waals surface area (Å²) in [5.41, 5.74) is 1.14. The third-order valence-electron chi connectivity index (χ3n) is 4.49. The summed E-state index contributed by atoms with van der Waals surface area (Å²) in [5.74, 6) is 1.86. The molecule has 1 fully saturated rings. The SMILES string of the molecule is O=C(c1cc(-c2ccco2)on1)N1CC(c2nc(-c3ccccc3)no2)C1. The Morgan fingerprint density at radius 3 is 2.63 bits per heavy atom. The van der Waals surface area contributed by atoms with E-state index in [1.807, 2.05) is 30.3 Å². The van der Waals surface area contributed by atoms with E-state index in [4.69, 9.17) is 13.5 Å². The molecule has 0 bridgehead atoms. The molecule has 8 nitrogen and oxygen atoms in total. The van der Waals surface area contributed by atoms with E-state index in [0.717, 1.165) is 5.56 Å².